The van der Waals surface area contributed by atoms with Crippen LogP contribution in [0.3, 0.4) is 0 Å². The number of nitrogens with one attached hydrogen (secondary N) is 2. The first-order valence-electron chi connectivity index (χ1n) is 5.51. The molecular weight excluding hydrogens is 192 g/mol. The zero-order chi connectivity index (χ0) is 12.1. The minimum atomic E-state index is -0.693. The Balaban J connectivity index is 4.33. The number of aliphatic hydroxyl groups excluding tert-OH is 1. The molecule has 4 nitrogen and oxygen atoms in total. The molecule has 0 aliphatic heterocycles. The van der Waals surface area contributed by atoms with Crippen LogP contribution >= 0.6 is 0 Å². The number of hydrogen-bond donors (Lipinski definition) is 3. The third-order valence-corrected chi connectivity index (χ3v) is 1.90. The highest BCUT2D eigenvalue weighted by Gasteiger charge is 2.27. The van der Waals surface area contributed by atoms with Gasteiger partial charge in [0, 0.05) is 12.1 Å². The molecule has 0 bridgehead atoms. The summed E-state index contributed by atoms with van der Waals surface area (Å²) in [5.41, 5.74) is -0.189. The largest absolute Gasteiger partial charge is 0.391 e. The van der Waals surface area contributed by atoms with Gasteiger partial charge in [0.05, 0.1) is 6.10 Å². The molecule has 0 heterocycles. The maximum atomic E-state index is 11.7. The average molecular weight is 216 g/mol. The van der Waals surface area contributed by atoms with Crippen LogP contribution in [0.4, 0.5) is 0 Å². The Labute approximate surface area is 92.4 Å². The summed E-state index contributed by atoms with van der Waals surface area (Å²) < 4.78 is 0. The van der Waals surface area contributed by atoms with Crippen molar-refractivity contribution in [2.75, 3.05) is 6.54 Å². The van der Waals surface area contributed by atoms with E-state index in [0.29, 0.717) is 6.54 Å². The van der Waals surface area contributed by atoms with Crippen LogP contribution in [-0.4, -0.2) is 35.2 Å². The number of carbonyl (C=O) groups excluding carboxylic acids is 1. The third-order valence-electron chi connectivity index (χ3n) is 1.90. The first-order chi connectivity index (χ1) is 6.78. The second kappa shape index (κ2) is 6.08. The lowest BCUT2D eigenvalue weighted by Gasteiger charge is -2.29. The second-order valence-corrected chi connectivity index (χ2v) is 4.90. The van der Waals surface area contributed by atoms with Gasteiger partial charge in [-0.1, -0.05) is 6.92 Å². The van der Waals surface area contributed by atoms with Crippen molar-refractivity contribution in [3.8, 4) is 0 Å². The van der Waals surface area contributed by atoms with E-state index >= 15 is 0 Å². The summed E-state index contributed by atoms with van der Waals surface area (Å²) in [5.74, 6) is -0.137. The number of rotatable bonds is 5. The molecule has 0 aromatic carbocycles. The topological polar surface area (TPSA) is 61.4 Å². The van der Waals surface area contributed by atoms with E-state index in [1.165, 1.54) is 0 Å². The first-order valence-corrected chi connectivity index (χ1v) is 5.51. The number of aliphatic hydroxyl groups is 1. The Morgan fingerprint density at radius 1 is 1.40 bits per heavy atom. The quantitative estimate of drug-likeness (QED) is 0.632. The van der Waals surface area contributed by atoms with Gasteiger partial charge in [0.1, 0.15) is 6.04 Å². The summed E-state index contributed by atoms with van der Waals surface area (Å²) in [7, 11) is 0. The molecule has 0 saturated heterocycles. The predicted octanol–water partition coefficient (Wildman–Crippen LogP) is 0.650. The third kappa shape index (κ3) is 6.47. The SMILES string of the molecule is CCCNC(=O)[C@@H](NC(C)(C)C)[C@@H](C)O. The molecule has 0 unspecified atom stereocenters. The van der Waals surface area contributed by atoms with Gasteiger partial charge in [-0.05, 0) is 34.1 Å². The molecule has 3 N–H and O–H groups in total. The first kappa shape index (κ1) is 14.4. The highest BCUT2D eigenvalue weighted by molar-refractivity contribution is 5.82. The minimum absolute atomic E-state index is 0.137. The average Bonchev–Trinajstić information content (AvgIpc) is 2.08. The summed E-state index contributed by atoms with van der Waals surface area (Å²) in [4.78, 5) is 11.7. The number of hydrogen-bond acceptors (Lipinski definition) is 3. The van der Waals surface area contributed by atoms with Gasteiger partial charge in [-0.3, -0.25) is 10.1 Å². The summed E-state index contributed by atoms with van der Waals surface area (Å²) in [6, 6.07) is -0.545. The Morgan fingerprint density at radius 2 is 1.93 bits per heavy atom. The lowest BCUT2D eigenvalue weighted by molar-refractivity contribution is -0.126. The van der Waals surface area contributed by atoms with Gasteiger partial charge in [0.25, 0.3) is 0 Å². The molecule has 4 heteroatoms. The fourth-order valence-corrected chi connectivity index (χ4v) is 1.23. The molecule has 0 aromatic heterocycles. The lowest BCUT2D eigenvalue weighted by atomic mass is 10.0. The van der Waals surface area contributed by atoms with Crippen LogP contribution in [0.5, 0.6) is 0 Å². The zero-order valence-electron chi connectivity index (χ0n) is 10.4. The molecule has 0 spiro atoms. The van der Waals surface area contributed by atoms with Gasteiger partial charge >= 0.3 is 0 Å². The molecule has 0 aromatic rings. The molecule has 15 heavy (non-hydrogen) atoms. The van der Waals surface area contributed by atoms with E-state index in [2.05, 4.69) is 10.6 Å². The van der Waals surface area contributed by atoms with E-state index in [1.807, 2.05) is 27.7 Å². The fourth-order valence-electron chi connectivity index (χ4n) is 1.23. The number of amides is 1. The maximum absolute atomic E-state index is 11.7. The zero-order valence-corrected chi connectivity index (χ0v) is 10.4. The molecule has 0 saturated carbocycles. The van der Waals surface area contributed by atoms with Crippen molar-refractivity contribution < 1.29 is 9.90 Å². The van der Waals surface area contributed by atoms with E-state index in [1.54, 1.807) is 6.92 Å². The van der Waals surface area contributed by atoms with Crippen molar-refractivity contribution in [1.82, 2.24) is 10.6 Å². The molecular formula is C11H24N2O2. The van der Waals surface area contributed by atoms with E-state index in [9.17, 15) is 9.90 Å². The standard InChI is InChI=1S/C11H24N2O2/c1-6-7-12-10(15)9(8(2)14)13-11(3,4)5/h8-9,13-14H,6-7H2,1-5H3,(H,12,15)/t8-,9+/m1/s1. The van der Waals surface area contributed by atoms with Crippen LogP contribution < -0.4 is 10.6 Å². The predicted molar refractivity (Wildman–Crippen MR) is 61.7 cm³/mol. The molecule has 1 amide bonds. The van der Waals surface area contributed by atoms with E-state index < -0.39 is 12.1 Å². The summed E-state index contributed by atoms with van der Waals surface area (Å²) in [6.07, 6.45) is 0.203. The molecule has 0 rings (SSSR count). The summed E-state index contributed by atoms with van der Waals surface area (Å²) in [6.45, 7) is 10.2. The Hall–Kier alpha value is -0.610. The van der Waals surface area contributed by atoms with Crippen molar-refractivity contribution in [3.63, 3.8) is 0 Å². The molecule has 90 valence electrons. The highest BCUT2D eigenvalue weighted by atomic mass is 16.3. The van der Waals surface area contributed by atoms with Gasteiger partial charge in [0.2, 0.25) is 5.91 Å². The molecule has 0 aliphatic carbocycles. The summed E-state index contributed by atoms with van der Waals surface area (Å²) >= 11 is 0. The van der Waals surface area contributed by atoms with Crippen LogP contribution in [0, 0.1) is 0 Å². The normalized spacial score (nSPS) is 15.9. The molecule has 0 radical (unpaired) electrons. The van der Waals surface area contributed by atoms with Crippen LogP contribution in [0.1, 0.15) is 41.0 Å². The van der Waals surface area contributed by atoms with Crippen LogP contribution in [-0.2, 0) is 4.79 Å². The van der Waals surface area contributed by atoms with Gasteiger partial charge in [-0.15, -0.1) is 0 Å². The lowest BCUT2D eigenvalue weighted by Crippen LogP contribution is -2.56. The van der Waals surface area contributed by atoms with Gasteiger partial charge < -0.3 is 10.4 Å². The van der Waals surface area contributed by atoms with Gasteiger partial charge in [-0.25, -0.2) is 0 Å². The molecule has 2 atom stereocenters. The van der Waals surface area contributed by atoms with Crippen molar-refractivity contribution in [2.24, 2.45) is 0 Å². The van der Waals surface area contributed by atoms with Crippen molar-refractivity contribution in [3.05, 3.63) is 0 Å². The van der Waals surface area contributed by atoms with Crippen LogP contribution in [0.15, 0.2) is 0 Å². The molecule has 0 aliphatic rings. The van der Waals surface area contributed by atoms with Crippen molar-refractivity contribution in [1.29, 1.82) is 0 Å². The van der Waals surface area contributed by atoms with Gasteiger partial charge in [-0.2, -0.15) is 0 Å². The van der Waals surface area contributed by atoms with E-state index in [-0.39, 0.29) is 11.4 Å². The molecule has 0 fully saturated rings. The van der Waals surface area contributed by atoms with E-state index in [4.69, 9.17) is 0 Å². The monoisotopic (exact) mass is 216 g/mol. The Bertz CT molecular complexity index is 197. The maximum Gasteiger partial charge on any atom is 0.239 e. The number of carbonyl (C=O) groups is 1. The smallest absolute Gasteiger partial charge is 0.239 e. The second-order valence-electron chi connectivity index (χ2n) is 4.90. The summed E-state index contributed by atoms with van der Waals surface area (Å²) in [5, 5.41) is 15.4. The van der Waals surface area contributed by atoms with E-state index in [0.717, 1.165) is 6.42 Å². The van der Waals surface area contributed by atoms with Crippen LogP contribution in [0.25, 0.3) is 0 Å². The van der Waals surface area contributed by atoms with Crippen LogP contribution in [0.2, 0.25) is 0 Å². The Morgan fingerprint density at radius 3 is 2.27 bits per heavy atom. The minimum Gasteiger partial charge on any atom is -0.391 e. The van der Waals surface area contributed by atoms with Crippen molar-refractivity contribution >= 4 is 5.91 Å². The Kier molecular flexibility index (Phi) is 5.83. The highest BCUT2D eigenvalue weighted by Crippen LogP contribution is 2.04. The fraction of sp³-hybridized carbons (Fsp3) is 0.909. The van der Waals surface area contributed by atoms with Gasteiger partial charge in [0.15, 0.2) is 0 Å². The van der Waals surface area contributed by atoms with Crippen molar-refractivity contribution in [2.45, 2.75) is 58.7 Å².